The van der Waals surface area contributed by atoms with Crippen LogP contribution in [-0.2, 0) is 0 Å². The number of hydrogen-bond acceptors (Lipinski definition) is 1. The Labute approximate surface area is 47.7 Å². The smallest absolute Gasteiger partial charge is 0.119 e. The Bertz CT molecular complexity index is 52.0. The second kappa shape index (κ2) is 5.76. The molecule has 1 N–H and O–H groups in total. The van der Waals surface area contributed by atoms with Gasteiger partial charge in [0.25, 0.3) is 0 Å². The van der Waals surface area contributed by atoms with Gasteiger partial charge in [-0.2, -0.15) is 0 Å². The highest BCUT2D eigenvalue weighted by Gasteiger charge is 1.70. The summed E-state index contributed by atoms with van der Waals surface area (Å²) in [6.07, 6.45) is 4.05. The van der Waals surface area contributed by atoms with Gasteiger partial charge in [-0.25, -0.2) is 0 Å². The zero-order valence-corrected chi connectivity index (χ0v) is 6.48. The van der Waals surface area contributed by atoms with Crippen LogP contribution in [0.5, 0.6) is 0 Å². The van der Waals surface area contributed by atoms with Crippen LogP contribution in [0.25, 0.3) is 0 Å². The Morgan fingerprint density at radius 1 is 1.71 bits per heavy atom. The van der Waals surface area contributed by atoms with Gasteiger partial charge in [0.1, 0.15) is 9.68 Å². The fourth-order valence-electron chi connectivity index (χ4n) is 0.346. The molecule has 0 amide bonds. The molecule has 0 aliphatic heterocycles. The summed E-state index contributed by atoms with van der Waals surface area (Å²) in [6.45, 7) is 4.24. The first kappa shape index (κ1) is 6.76. The highest BCUT2D eigenvalue weighted by Crippen LogP contribution is 1.67. The summed E-state index contributed by atoms with van der Waals surface area (Å²) < 4.78 is 0. The third kappa shape index (κ3) is 5.76. The van der Waals surface area contributed by atoms with Crippen molar-refractivity contribution in [2.24, 2.45) is 0 Å². The highest BCUT2D eigenvalue weighted by atomic mass is 28.2. The quantitative estimate of drug-likeness (QED) is 0.420. The van der Waals surface area contributed by atoms with Crippen molar-refractivity contribution in [1.29, 1.82) is 0 Å². The lowest BCUT2D eigenvalue weighted by Gasteiger charge is -1.89. The molecule has 0 unspecified atom stereocenters. The fraction of sp³-hybridized carbons (Fsp3) is 0.600. The van der Waals surface area contributed by atoms with Gasteiger partial charge in [-0.15, -0.1) is 0 Å². The Morgan fingerprint density at radius 2 is 2.43 bits per heavy atom. The fourth-order valence-corrected chi connectivity index (χ4v) is 1.04. The molecule has 0 radical (unpaired) electrons. The molecular formula is C5H13NSi. The lowest BCUT2D eigenvalue weighted by atomic mass is 10.7. The Kier molecular flexibility index (Phi) is 5.56. The molecule has 1 nitrogen and oxygen atoms in total. The van der Waals surface area contributed by atoms with Crippen molar-refractivity contribution in [3.63, 3.8) is 0 Å². The summed E-state index contributed by atoms with van der Waals surface area (Å²) in [6, 6.07) is 1.34. The van der Waals surface area contributed by atoms with Gasteiger partial charge >= 0.3 is 0 Å². The van der Waals surface area contributed by atoms with Gasteiger partial charge < -0.3 is 4.98 Å². The molecule has 42 valence electrons. The minimum Gasteiger partial charge on any atom is -0.422 e. The van der Waals surface area contributed by atoms with Gasteiger partial charge in [-0.05, 0) is 19.2 Å². The third-order valence-corrected chi connectivity index (χ3v) is 1.70. The van der Waals surface area contributed by atoms with E-state index in [0.717, 1.165) is 0 Å². The van der Waals surface area contributed by atoms with Crippen LogP contribution < -0.4 is 4.98 Å². The molecule has 0 bridgehead atoms. The normalized spacial score (nSPS) is 11.7. The van der Waals surface area contributed by atoms with Crippen molar-refractivity contribution in [1.82, 2.24) is 4.98 Å². The van der Waals surface area contributed by atoms with E-state index in [1.807, 2.05) is 19.2 Å². The SMILES string of the molecule is CC=CN[SiH2]CC. The molecular weight excluding hydrogens is 102 g/mol. The van der Waals surface area contributed by atoms with Gasteiger partial charge in [-0.3, -0.25) is 0 Å². The monoisotopic (exact) mass is 115 g/mol. The van der Waals surface area contributed by atoms with Crippen molar-refractivity contribution >= 4 is 9.68 Å². The zero-order chi connectivity index (χ0) is 5.54. The average Bonchev–Trinajstić information content (AvgIpc) is 1.69. The molecule has 7 heavy (non-hydrogen) atoms. The summed E-state index contributed by atoms with van der Waals surface area (Å²) in [5, 5.41) is 0. The van der Waals surface area contributed by atoms with Crippen molar-refractivity contribution in [2.75, 3.05) is 0 Å². The highest BCUT2D eigenvalue weighted by molar-refractivity contribution is 6.32. The van der Waals surface area contributed by atoms with E-state index in [4.69, 9.17) is 0 Å². The van der Waals surface area contributed by atoms with Crippen LogP contribution in [0.2, 0.25) is 6.04 Å². The van der Waals surface area contributed by atoms with E-state index in [9.17, 15) is 0 Å². The van der Waals surface area contributed by atoms with Crippen LogP contribution in [-0.4, -0.2) is 9.68 Å². The predicted octanol–water partition coefficient (Wildman–Crippen LogP) is 0.632. The van der Waals surface area contributed by atoms with E-state index in [-0.39, 0.29) is 9.68 Å². The molecule has 0 spiro atoms. The number of nitrogens with one attached hydrogen (secondary N) is 1. The minimum absolute atomic E-state index is 0.0739. The van der Waals surface area contributed by atoms with E-state index in [2.05, 4.69) is 11.9 Å². The lowest BCUT2D eigenvalue weighted by molar-refractivity contribution is 1.28. The van der Waals surface area contributed by atoms with Crippen LogP contribution in [0.1, 0.15) is 13.8 Å². The van der Waals surface area contributed by atoms with Crippen molar-refractivity contribution in [3.8, 4) is 0 Å². The van der Waals surface area contributed by atoms with E-state index in [1.54, 1.807) is 0 Å². The molecule has 0 rings (SSSR count). The van der Waals surface area contributed by atoms with Crippen molar-refractivity contribution < 1.29 is 0 Å². The number of allylic oxidation sites excluding steroid dienone is 1. The molecule has 2 heteroatoms. The molecule has 0 saturated carbocycles. The predicted molar refractivity (Wildman–Crippen MR) is 37.0 cm³/mol. The lowest BCUT2D eigenvalue weighted by Crippen LogP contribution is -2.08. The topological polar surface area (TPSA) is 12.0 Å². The maximum absolute atomic E-state index is 3.24. The van der Waals surface area contributed by atoms with Crippen molar-refractivity contribution in [2.45, 2.75) is 19.9 Å². The van der Waals surface area contributed by atoms with Crippen LogP contribution in [0.15, 0.2) is 12.3 Å². The van der Waals surface area contributed by atoms with Crippen LogP contribution in [0, 0.1) is 0 Å². The Balaban J connectivity index is 2.69. The molecule has 0 fully saturated rings. The van der Waals surface area contributed by atoms with Crippen molar-refractivity contribution in [3.05, 3.63) is 12.3 Å². The van der Waals surface area contributed by atoms with Gasteiger partial charge in [0.05, 0.1) is 0 Å². The summed E-state index contributed by atoms with van der Waals surface area (Å²) >= 11 is 0. The zero-order valence-electron chi connectivity index (χ0n) is 5.07. The maximum atomic E-state index is 3.24. The standard InChI is InChI=1S/C5H13NSi/c1-3-5-6-7-4-2/h3,5-6H,4,7H2,1-2H3. The molecule has 0 aromatic carbocycles. The molecule has 0 aliphatic rings. The Hall–Kier alpha value is -0.243. The first-order valence-corrected chi connectivity index (χ1v) is 4.47. The Morgan fingerprint density at radius 3 is 2.86 bits per heavy atom. The molecule has 0 aliphatic carbocycles. The van der Waals surface area contributed by atoms with E-state index in [0.29, 0.717) is 0 Å². The second-order valence-corrected chi connectivity index (χ2v) is 3.36. The van der Waals surface area contributed by atoms with Crippen LogP contribution >= 0.6 is 0 Å². The van der Waals surface area contributed by atoms with Gasteiger partial charge in [0.2, 0.25) is 0 Å². The first-order chi connectivity index (χ1) is 3.41. The summed E-state index contributed by atoms with van der Waals surface area (Å²) in [4.78, 5) is 3.24. The number of hydrogen-bond donors (Lipinski definition) is 1. The summed E-state index contributed by atoms with van der Waals surface area (Å²) in [5.41, 5.74) is 0. The molecule has 0 heterocycles. The first-order valence-electron chi connectivity index (χ1n) is 2.76. The summed E-state index contributed by atoms with van der Waals surface area (Å²) in [5.74, 6) is 0. The second-order valence-electron chi connectivity index (χ2n) is 1.45. The largest absolute Gasteiger partial charge is 0.422 e. The minimum atomic E-state index is 0.0739. The van der Waals surface area contributed by atoms with E-state index >= 15 is 0 Å². The van der Waals surface area contributed by atoms with Gasteiger partial charge in [0.15, 0.2) is 0 Å². The summed E-state index contributed by atoms with van der Waals surface area (Å²) in [7, 11) is 0.0739. The molecule has 0 aromatic rings. The molecule has 0 aromatic heterocycles. The molecule has 0 atom stereocenters. The van der Waals surface area contributed by atoms with Gasteiger partial charge in [0, 0.05) is 0 Å². The average molecular weight is 115 g/mol. The van der Waals surface area contributed by atoms with Crippen LogP contribution in [0.4, 0.5) is 0 Å². The van der Waals surface area contributed by atoms with Gasteiger partial charge in [-0.1, -0.05) is 13.0 Å². The van der Waals surface area contributed by atoms with E-state index in [1.165, 1.54) is 6.04 Å². The maximum Gasteiger partial charge on any atom is 0.119 e. The van der Waals surface area contributed by atoms with Crippen LogP contribution in [0.3, 0.4) is 0 Å². The number of rotatable bonds is 3. The van der Waals surface area contributed by atoms with E-state index < -0.39 is 0 Å². The molecule has 0 saturated heterocycles. The third-order valence-electron chi connectivity index (χ3n) is 0.679.